The topological polar surface area (TPSA) is 59.5 Å². The Morgan fingerprint density at radius 2 is 1.96 bits per heavy atom. The fourth-order valence-corrected chi connectivity index (χ4v) is 2.28. The van der Waals surface area contributed by atoms with Crippen LogP contribution in [0.15, 0.2) is 36.4 Å². The second kappa shape index (κ2) is 7.61. The van der Waals surface area contributed by atoms with Gasteiger partial charge in [0.15, 0.2) is 12.1 Å². The van der Waals surface area contributed by atoms with Crippen molar-refractivity contribution in [2.75, 3.05) is 4.90 Å². The van der Waals surface area contributed by atoms with Gasteiger partial charge in [0.05, 0.1) is 12.1 Å². The predicted molar refractivity (Wildman–Crippen MR) is 93.5 cm³/mol. The number of ether oxygens (including phenoxy) is 1. The number of carbonyl (C=O) groups is 2. The van der Waals surface area contributed by atoms with E-state index in [1.54, 1.807) is 45.0 Å². The Kier molecular flexibility index (Phi) is 5.74. The van der Waals surface area contributed by atoms with Gasteiger partial charge < -0.3 is 4.74 Å². The first-order valence-electron chi connectivity index (χ1n) is 7.57. The average Bonchev–Trinajstić information content (AvgIpc) is 2.52. The molecule has 7 heteroatoms. The summed E-state index contributed by atoms with van der Waals surface area (Å²) in [5.41, 5.74) is -0.0953. The smallest absolute Gasteiger partial charge is 0.416 e. The first kappa shape index (κ1) is 18.9. The summed E-state index contributed by atoms with van der Waals surface area (Å²) < 4.78 is 19.0. The molecular weight excluding hydrogens is 347 g/mol. The van der Waals surface area contributed by atoms with E-state index in [0.717, 1.165) is 11.0 Å². The Balaban J connectivity index is 2.49. The molecule has 1 aromatic carbocycles. The number of rotatable bonds is 4. The lowest BCUT2D eigenvalue weighted by molar-refractivity contribution is 0.0576. The third kappa shape index (κ3) is 5.00. The quantitative estimate of drug-likeness (QED) is 0.586. The van der Waals surface area contributed by atoms with E-state index in [1.807, 2.05) is 0 Å². The Hall–Kier alpha value is -2.47. The molecule has 5 nitrogen and oxygen atoms in total. The van der Waals surface area contributed by atoms with Crippen molar-refractivity contribution < 1.29 is 18.7 Å². The molecule has 25 heavy (non-hydrogen) atoms. The van der Waals surface area contributed by atoms with Gasteiger partial charge in [0, 0.05) is 5.02 Å². The molecule has 0 aliphatic rings. The van der Waals surface area contributed by atoms with Crippen molar-refractivity contribution in [1.82, 2.24) is 4.98 Å². The van der Waals surface area contributed by atoms with Crippen LogP contribution in [-0.2, 0) is 11.3 Å². The van der Waals surface area contributed by atoms with Crippen molar-refractivity contribution >= 4 is 29.8 Å². The van der Waals surface area contributed by atoms with Crippen molar-refractivity contribution in [2.24, 2.45) is 0 Å². The molecule has 0 aliphatic heterocycles. The van der Waals surface area contributed by atoms with Gasteiger partial charge in [-0.2, -0.15) is 4.39 Å². The minimum Gasteiger partial charge on any atom is -0.443 e. The number of hydrogen-bond donors (Lipinski definition) is 0. The predicted octanol–water partition coefficient (Wildman–Crippen LogP) is 4.63. The maximum Gasteiger partial charge on any atom is 0.416 e. The van der Waals surface area contributed by atoms with E-state index in [1.165, 1.54) is 6.07 Å². The molecule has 0 bridgehead atoms. The summed E-state index contributed by atoms with van der Waals surface area (Å²) in [5.74, 6) is -0.933. The van der Waals surface area contributed by atoms with Crippen LogP contribution in [0.3, 0.4) is 0 Å². The highest BCUT2D eigenvalue weighted by Gasteiger charge is 2.27. The highest BCUT2D eigenvalue weighted by molar-refractivity contribution is 6.31. The van der Waals surface area contributed by atoms with Crippen molar-refractivity contribution in [2.45, 2.75) is 32.9 Å². The van der Waals surface area contributed by atoms with Crippen LogP contribution in [0.2, 0.25) is 5.02 Å². The number of aromatic nitrogens is 1. The lowest BCUT2D eigenvalue weighted by atomic mass is 10.2. The average molecular weight is 365 g/mol. The van der Waals surface area contributed by atoms with Gasteiger partial charge >= 0.3 is 6.09 Å². The largest absolute Gasteiger partial charge is 0.443 e. The van der Waals surface area contributed by atoms with Gasteiger partial charge in [-0.05, 0) is 44.5 Å². The third-order valence-electron chi connectivity index (χ3n) is 3.15. The molecule has 0 aliphatic carbocycles. The summed E-state index contributed by atoms with van der Waals surface area (Å²) >= 11 is 6.16. The Morgan fingerprint density at radius 1 is 1.28 bits per heavy atom. The number of benzene rings is 1. The standard InChI is InChI=1S/C18H18ClFN2O3/c1-18(2,3)25-17(24)22(10-12-6-4-5-7-14(12)19)16-13(11-23)8-9-15(20)21-16/h4-9,11H,10H2,1-3H3. The minimum atomic E-state index is -0.812. The van der Waals surface area contributed by atoms with Gasteiger partial charge in [-0.15, -0.1) is 0 Å². The van der Waals surface area contributed by atoms with Crippen LogP contribution in [0.25, 0.3) is 0 Å². The molecule has 132 valence electrons. The van der Waals surface area contributed by atoms with Crippen LogP contribution in [0, 0.1) is 5.95 Å². The van der Waals surface area contributed by atoms with Gasteiger partial charge in [-0.3, -0.25) is 9.69 Å². The molecule has 0 N–H and O–H groups in total. The molecule has 0 fully saturated rings. The minimum absolute atomic E-state index is 0.0219. The Bertz CT molecular complexity index is 790. The molecule has 0 saturated heterocycles. The number of aldehydes is 1. The van der Waals surface area contributed by atoms with Crippen LogP contribution in [0.1, 0.15) is 36.7 Å². The SMILES string of the molecule is CC(C)(C)OC(=O)N(Cc1ccccc1Cl)c1nc(F)ccc1C=O. The van der Waals surface area contributed by atoms with Crippen molar-refractivity contribution in [3.63, 3.8) is 0 Å². The van der Waals surface area contributed by atoms with Gasteiger partial charge in [0.1, 0.15) is 5.60 Å². The molecule has 0 unspecified atom stereocenters. The molecule has 0 radical (unpaired) electrons. The summed E-state index contributed by atoms with van der Waals surface area (Å²) in [6, 6.07) is 9.21. The zero-order valence-electron chi connectivity index (χ0n) is 14.1. The number of carbonyl (C=O) groups excluding carboxylic acids is 2. The van der Waals surface area contributed by atoms with Crippen LogP contribution in [0.4, 0.5) is 15.0 Å². The molecule has 0 saturated carbocycles. The fraction of sp³-hybridized carbons (Fsp3) is 0.278. The van der Waals surface area contributed by atoms with E-state index in [-0.39, 0.29) is 17.9 Å². The summed E-state index contributed by atoms with van der Waals surface area (Å²) in [5, 5.41) is 0.431. The third-order valence-corrected chi connectivity index (χ3v) is 3.52. The van der Waals surface area contributed by atoms with Crippen LogP contribution in [0.5, 0.6) is 0 Å². The molecule has 0 spiro atoms. The highest BCUT2D eigenvalue weighted by atomic mass is 35.5. The first-order chi connectivity index (χ1) is 11.7. The molecule has 0 atom stereocenters. The highest BCUT2D eigenvalue weighted by Crippen LogP contribution is 2.25. The maximum atomic E-state index is 13.6. The van der Waals surface area contributed by atoms with E-state index >= 15 is 0 Å². The Morgan fingerprint density at radius 3 is 2.56 bits per heavy atom. The molecule has 1 heterocycles. The monoisotopic (exact) mass is 364 g/mol. The van der Waals surface area contributed by atoms with Gasteiger partial charge in [0.2, 0.25) is 5.95 Å². The van der Waals surface area contributed by atoms with E-state index in [4.69, 9.17) is 16.3 Å². The fourth-order valence-electron chi connectivity index (χ4n) is 2.08. The van der Waals surface area contributed by atoms with E-state index in [2.05, 4.69) is 4.98 Å². The second-order valence-corrected chi connectivity index (χ2v) is 6.73. The van der Waals surface area contributed by atoms with E-state index in [9.17, 15) is 14.0 Å². The number of hydrogen-bond acceptors (Lipinski definition) is 4. The molecule has 2 rings (SSSR count). The van der Waals surface area contributed by atoms with Gasteiger partial charge in [-0.1, -0.05) is 29.8 Å². The number of amides is 1. The molecular formula is C18H18ClFN2O3. The summed E-state index contributed by atoms with van der Waals surface area (Å²) in [6.45, 7) is 5.10. The number of anilines is 1. The Labute approximate surface area is 150 Å². The second-order valence-electron chi connectivity index (χ2n) is 6.32. The molecule has 1 amide bonds. The molecule has 2 aromatic rings. The maximum absolute atomic E-state index is 13.6. The van der Waals surface area contributed by atoms with Gasteiger partial charge in [0.25, 0.3) is 0 Å². The van der Waals surface area contributed by atoms with Crippen LogP contribution >= 0.6 is 11.6 Å². The lowest BCUT2D eigenvalue weighted by Gasteiger charge is -2.27. The molecule has 1 aromatic heterocycles. The first-order valence-corrected chi connectivity index (χ1v) is 7.94. The van der Waals surface area contributed by atoms with E-state index in [0.29, 0.717) is 16.9 Å². The number of halogens is 2. The normalized spacial score (nSPS) is 11.1. The summed E-state index contributed by atoms with van der Waals surface area (Å²) in [6.07, 6.45) is -0.250. The van der Waals surface area contributed by atoms with Crippen molar-refractivity contribution in [3.8, 4) is 0 Å². The van der Waals surface area contributed by atoms with Crippen molar-refractivity contribution in [1.29, 1.82) is 0 Å². The number of nitrogens with zero attached hydrogens (tertiary/aromatic N) is 2. The lowest BCUT2D eigenvalue weighted by Crippen LogP contribution is -2.37. The van der Waals surface area contributed by atoms with Gasteiger partial charge in [-0.25, -0.2) is 9.78 Å². The summed E-state index contributed by atoms with van der Waals surface area (Å²) in [7, 11) is 0. The zero-order valence-corrected chi connectivity index (χ0v) is 14.9. The van der Waals surface area contributed by atoms with Crippen LogP contribution < -0.4 is 4.90 Å². The summed E-state index contributed by atoms with van der Waals surface area (Å²) in [4.78, 5) is 28.7. The number of pyridine rings is 1. The van der Waals surface area contributed by atoms with E-state index < -0.39 is 17.6 Å². The zero-order chi connectivity index (χ0) is 18.6. The van der Waals surface area contributed by atoms with Crippen molar-refractivity contribution in [3.05, 3.63) is 58.5 Å². The van der Waals surface area contributed by atoms with Crippen LogP contribution in [-0.4, -0.2) is 23.0 Å².